The van der Waals surface area contributed by atoms with Crippen LogP contribution >= 0.6 is 0 Å². The first-order valence-corrected chi connectivity index (χ1v) is 11.0. The van der Waals surface area contributed by atoms with E-state index in [0.717, 1.165) is 25.7 Å². The third kappa shape index (κ3) is 4.14. The first kappa shape index (κ1) is 22.4. The molecule has 0 saturated carbocycles. The van der Waals surface area contributed by atoms with Crippen LogP contribution in [-0.2, 0) is 14.2 Å². The molecule has 32 heavy (non-hydrogen) atoms. The van der Waals surface area contributed by atoms with Gasteiger partial charge < -0.3 is 28.6 Å². The molecule has 3 aliphatic heterocycles. The van der Waals surface area contributed by atoms with E-state index in [1.807, 2.05) is 0 Å². The van der Waals surface area contributed by atoms with Crippen LogP contribution in [0.4, 0.5) is 10.5 Å². The molecule has 2 fully saturated rings. The summed E-state index contributed by atoms with van der Waals surface area (Å²) in [5, 5.41) is 0. The van der Waals surface area contributed by atoms with Crippen LogP contribution in [-0.4, -0.2) is 69.4 Å². The number of benzene rings is 1. The minimum absolute atomic E-state index is 0.0347. The molecule has 0 radical (unpaired) electrons. The summed E-state index contributed by atoms with van der Waals surface area (Å²) in [6.07, 6.45) is 3.86. The Labute approximate surface area is 187 Å². The van der Waals surface area contributed by atoms with E-state index in [9.17, 15) is 9.59 Å². The predicted molar refractivity (Wildman–Crippen MR) is 116 cm³/mol. The Bertz CT molecular complexity index is 868. The van der Waals surface area contributed by atoms with Gasteiger partial charge in [0.1, 0.15) is 6.61 Å². The lowest BCUT2D eigenvalue weighted by atomic mass is 10.1. The van der Waals surface area contributed by atoms with E-state index in [1.165, 1.54) is 25.2 Å². The first-order valence-electron chi connectivity index (χ1n) is 11.0. The van der Waals surface area contributed by atoms with Crippen molar-refractivity contribution in [3.05, 3.63) is 30.4 Å². The average Bonchev–Trinajstić information content (AvgIpc) is 3.28. The Kier molecular flexibility index (Phi) is 6.86. The minimum Gasteiger partial charge on any atom is -0.493 e. The fourth-order valence-electron chi connectivity index (χ4n) is 4.57. The molecule has 0 N–H and O–H groups in total. The molecule has 3 atom stereocenters. The van der Waals surface area contributed by atoms with Gasteiger partial charge in [-0.3, -0.25) is 4.79 Å². The van der Waals surface area contributed by atoms with Crippen LogP contribution < -0.4 is 14.4 Å². The number of methoxy groups -OCH3 is 2. The molecule has 4 rings (SSSR count). The number of fused-ring (bicyclic) bond motifs is 2. The molecule has 9 nitrogen and oxygen atoms in total. The number of nitrogens with zero attached hydrogens (tertiary/aromatic N) is 2. The Balaban J connectivity index is 1.83. The van der Waals surface area contributed by atoms with Gasteiger partial charge in [-0.25, -0.2) is 9.69 Å². The lowest BCUT2D eigenvalue weighted by Crippen LogP contribution is -2.54. The summed E-state index contributed by atoms with van der Waals surface area (Å²) in [5.74, 6) is 0.626. The van der Waals surface area contributed by atoms with Gasteiger partial charge in [0.15, 0.2) is 24.0 Å². The van der Waals surface area contributed by atoms with Crippen molar-refractivity contribution in [3.63, 3.8) is 0 Å². The largest absolute Gasteiger partial charge is 0.493 e. The highest BCUT2D eigenvalue weighted by molar-refractivity contribution is 6.06. The molecule has 2 saturated heterocycles. The van der Waals surface area contributed by atoms with Gasteiger partial charge in [-0.05, 0) is 38.2 Å². The predicted octanol–water partition coefficient (Wildman–Crippen LogP) is 3.32. The maximum absolute atomic E-state index is 13.6. The number of anilines is 1. The average molecular weight is 447 g/mol. The van der Waals surface area contributed by atoms with E-state index in [1.54, 1.807) is 17.0 Å². The van der Waals surface area contributed by atoms with Crippen LogP contribution in [0, 0.1) is 0 Å². The van der Waals surface area contributed by atoms with Crippen molar-refractivity contribution >= 4 is 17.7 Å². The second-order valence-electron chi connectivity index (χ2n) is 7.99. The van der Waals surface area contributed by atoms with Crippen LogP contribution in [0.3, 0.4) is 0 Å². The van der Waals surface area contributed by atoms with Crippen molar-refractivity contribution in [2.45, 2.75) is 50.7 Å². The van der Waals surface area contributed by atoms with Gasteiger partial charge in [0.05, 0.1) is 31.5 Å². The topological polar surface area (TPSA) is 86.8 Å². The highest BCUT2D eigenvalue weighted by Gasteiger charge is 2.47. The summed E-state index contributed by atoms with van der Waals surface area (Å²) in [4.78, 5) is 30.1. The second kappa shape index (κ2) is 9.79. The Hall–Kier alpha value is -2.78. The minimum atomic E-state index is -0.763. The monoisotopic (exact) mass is 446 g/mol. The van der Waals surface area contributed by atoms with Crippen molar-refractivity contribution in [1.29, 1.82) is 0 Å². The molecule has 1 aromatic rings. The maximum Gasteiger partial charge on any atom is 0.416 e. The summed E-state index contributed by atoms with van der Waals surface area (Å²) in [6.45, 7) is 4.84. The van der Waals surface area contributed by atoms with E-state index in [2.05, 4.69) is 6.58 Å². The molecule has 3 aliphatic rings. The van der Waals surface area contributed by atoms with Crippen LogP contribution in [0.1, 0.15) is 42.5 Å². The lowest BCUT2D eigenvalue weighted by Gasteiger charge is -2.38. The van der Waals surface area contributed by atoms with Gasteiger partial charge in [-0.1, -0.05) is 12.7 Å². The lowest BCUT2D eigenvalue weighted by molar-refractivity contribution is -0.195. The SMILES string of the molecule is C=CCOC(=O)N1c2cc(OC)c(OC)cc2C(=O)N2CCC[C@H]2C1OC1CCCCO1. The van der Waals surface area contributed by atoms with Crippen LogP contribution in [0.5, 0.6) is 11.5 Å². The summed E-state index contributed by atoms with van der Waals surface area (Å²) < 4.78 is 28.5. The number of hydrogen-bond donors (Lipinski definition) is 0. The number of ether oxygens (including phenoxy) is 5. The quantitative estimate of drug-likeness (QED) is 0.620. The zero-order chi connectivity index (χ0) is 22.7. The fraction of sp³-hybridized carbons (Fsp3) is 0.565. The van der Waals surface area contributed by atoms with Crippen LogP contribution in [0.25, 0.3) is 0 Å². The fourth-order valence-corrected chi connectivity index (χ4v) is 4.57. The van der Waals surface area contributed by atoms with E-state index in [4.69, 9.17) is 23.7 Å². The molecule has 3 heterocycles. The van der Waals surface area contributed by atoms with Gasteiger partial charge in [0.25, 0.3) is 5.91 Å². The molecule has 0 spiro atoms. The Morgan fingerprint density at radius 3 is 2.66 bits per heavy atom. The van der Waals surface area contributed by atoms with E-state index < -0.39 is 18.6 Å². The van der Waals surface area contributed by atoms with E-state index >= 15 is 0 Å². The molecule has 2 amide bonds. The van der Waals surface area contributed by atoms with Gasteiger partial charge in [0, 0.05) is 19.2 Å². The molecule has 9 heteroatoms. The highest BCUT2D eigenvalue weighted by Crippen LogP contribution is 2.42. The van der Waals surface area contributed by atoms with Gasteiger partial charge in [0.2, 0.25) is 0 Å². The van der Waals surface area contributed by atoms with Crippen LogP contribution in [0.15, 0.2) is 24.8 Å². The molecule has 2 unspecified atom stereocenters. The zero-order valence-electron chi connectivity index (χ0n) is 18.6. The van der Waals surface area contributed by atoms with Crippen molar-refractivity contribution < 1.29 is 33.3 Å². The third-order valence-corrected chi connectivity index (χ3v) is 6.09. The second-order valence-corrected chi connectivity index (χ2v) is 7.99. The molecule has 0 aromatic heterocycles. The third-order valence-electron chi connectivity index (χ3n) is 6.09. The standard InChI is InChI=1S/C23H30N2O7/c1-4-11-31-23(27)25-17-14-19(29-3)18(28-2)13-15(17)21(26)24-10-7-8-16(24)22(25)32-20-9-5-6-12-30-20/h4,13-14,16,20,22H,1,5-12H2,2-3H3/t16-,20?,22?/m0/s1. The van der Waals surface area contributed by atoms with E-state index in [-0.39, 0.29) is 18.6 Å². The number of hydrogen-bond acceptors (Lipinski definition) is 7. The van der Waals surface area contributed by atoms with Crippen molar-refractivity contribution in [1.82, 2.24) is 4.90 Å². The van der Waals surface area contributed by atoms with Gasteiger partial charge in [-0.2, -0.15) is 0 Å². The number of carbonyl (C=O) groups excluding carboxylic acids is 2. The molecule has 174 valence electrons. The zero-order valence-corrected chi connectivity index (χ0v) is 18.6. The smallest absolute Gasteiger partial charge is 0.416 e. The number of carbonyl (C=O) groups is 2. The normalized spacial score (nSPS) is 24.9. The van der Waals surface area contributed by atoms with Crippen molar-refractivity contribution in [3.8, 4) is 11.5 Å². The Morgan fingerprint density at radius 2 is 1.97 bits per heavy atom. The van der Waals surface area contributed by atoms with Crippen molar-refractivity contribution in [2.24, 2.45) is 0 Å². The number of amides is 2. The molecule has 0 bridgehead atoms. The molecular weight excluding hydrogens is 416 g/mol. The van der Waals surface area contributed by atoms with Crippen molar-refractivity contribution in [2.75, 3.05) is 38.9 Å². The Morgan fingerprint density at radius 1 is 1.19 bits per heavy atom. The summed E-state index contributed by atoms with van der Waals surface area (Å²) >= 11 is 0. The van der Waals surface area contributed by atoms with Crippen LogP contribution in [0.2, 0.25) is 0 Å². The first-order chi connectivity index (χ1) is 15.6. The maximum atomic E-state index is 13.6. The molecule has 0 aliphatic carbocycles. The summed E-state index contributed by atoms with van der Waals surface area (Å²) in [6, 6.07) is 2.91. The molecular formula is C23H30N2O7. The summed E-state index contributed by atoms with van der Waals surface area (Å²) in [7, 11) is 3.01. The van der Waals surface area contributed by atoms with Gasteiger partial charge >= 0.3 is 6.09 Å². The highest BCUT2D eigenvalue weighted by atomic mass is 16.7. The molecule has 1 aromatic carbocycles. The van der Waals surface area contributed by atoms with E-state index in [0.29, 0.717) is 42.3 Å². The van der Waals surface area contributed by atoms with Gasteiger partial charge in [-0.15, -0.1) is 0 Å². The summed E-state index contributed by atoms with van der Waals surface area (Å²) in [5.41, 5.74) is 0.692. The number of rotatable bonds is 6.